The van der Waals surface area contributed by atoms with Gasteiger partial charge in [0.25, 0.3) is 0 Å². The lowest BCUT2D eigenvalue weighted by molar-refractivity contribution is 0.768. The minimum Gasteiger partial charge on any atom is -0.208 e. The molecule has 0 saturated carbocycles. The maximum atomic E-state index is 6.34. The van der Waals surface area contributed by atoms with Gasteiger partial charge in [0.15, 0.2) is 11.6 Å². The highest BCUT2D eigenvalue weighted by Gasteiger charge is 2.45. The van der Waals surface area contributed by atoms with Crippen LogP contribution in [0.5, 0.6) is 0 Å². The van der Waals surface area contributed by atoms with E-state index >= 15 is 0 Å². The molecule has 0 unspecified atom stereocenters. The van der Waals surface area contributed by atoms with E-state index < -0.39 is 5.41 Å². The lowest BCUT2D eigenvalue weighted by Gasteiger charge is -2.34. The number of nitrogens with zero attached hydrogens (tertiary/aromatic N) is 3. The van der Waals surface area contributed by atoms with Gasteiger partial charge in [-0.2, -0.15) is 9.97 Å². The van der Waals surface area contributed by atoms with Crippen LogP contribution in [-0.4, -0.2) is 15.0 Å². The molecule has 1 aromatic heterocycles. The molecule has 0 saturated heterocycles. The van der Waals surface area contributed by atoms with Crippen LogP contribution in [0.1, 0.15) is 22.3 Å². The number of hydrogen-bond acceptors (Lipinski definition) is 3. The van der Waals surface area contributed by atoms with Crippen LogP contribution < -0.4 is 0 Å². The van der Waals surface area contributed by atoms with Crippen molar-refractivity contribution in [3.8, 4) is 33.9 Å². The van der Waals surface area contributed by atoms with Gasteiger partial charge >= 0.3 is 0 Å². The first-order chi connectivity index (χ1) is 18.7. The molecule has 0 spiro atoms. The normalized spacial score (nSPS) is 13.1. The SMILES string of the molecule is Clc1nc(-c2ccccc2)nc(-c2ccc(C3(c4ccccc4)c4ccccc4-c4ccccc43)cc2)n1. The molecule has 5 aromatic carbocycles. The molecule has 1 heterocycles. The predicted octanol–water partition coefficient (Wildman–Crippen LogP) is 8.22. The first-order valence-corrected chi connectivity index (χ1v) is 13.0. The Labute approximate surface area is 226 Å². The fraction of sp³-hybridized carbons (Fsp3) is 0.0294. The largest absolute Gasteiger partial charge is 0.226 e. The van der Waals surface area contributed by atoms with Gasteiger partial charge < -0.3 is 0 Å². The molecule has 0 N–H and O–H groups in total. The summed E-state index contributed by atoms with van der Waals surface area (Å²) >= 11 is 6.34. The maximum absolute atomic E-state index is 6.34. The standard InChI is InChI=1S/C34H22ClN3/c35-33-37-31(23-11-3-1-4-12-23)36-32(38-33)24-19-21-26(22-20-24)34(25-13-5-2-6-14-25)29-17-9-7-15-27(29)28-16-8-10-18-30(28)34/h1-22H. The number of aromatic nitrogens is 3. The van der Waals surface area contributed by atoms with Crippen molar-refractivity contribution in [1.82, 2.24) is 15.0 Å². The van der Waals surface area contributed by atoms with Crippen LogP contribution in [0.15, 0.2) is 133 Å². The second kappa shape index (κ2) is 9.05. The molecule has 3 nitrogen and oxygen atoms in total. The third kappa shape index (κ3) is 3.47. The predicted molar refractivity (Wildman–Crippen MR) is 153 cm³/mol. The summed E-state index contributed by atoms with van der Waals surface area (Å²) in [6.07, 6.45) is 0. The zero-order valence-electron chi connectivity index (χ0n) is 20.4. The molecule has 180 valence electrons. The molecule has 6 aromatic rings. The van der Waals surface area contributed by atoms with Gasteiger partial charge in [-0.25, -0.2) is 4.98 Å². The Bertz CT molecular complexity index is 1720. The quantitative estimate of drug-likeness (QED) is 0.241. The van der Waals surface area contributed by atoms with Crippen LogP contribution in [-0.2, 0) is 5.41 Å². The van der Waals surface area contributed by atoms with Crippen LogP contribution in [0.3, 0.4) is 0 Å². The molecule has 0 atom stereocenters. The average Bonchev–Trinajstić information content (AvgIpc) is 3.29. The summed E-state index contributed by atoms with van der Waals surface area (Å²) < 4.78 is 0. The van der Waals surface area contributed by atoms with E-state index in [2.05, 4.69) is 113 Å². The van der Waals surface area contributed by atoms with E-state index in [-0.39, 0.29) is 5.28 Å². The van der Waals surface area contributed by atoms with Crippen LogP contribution >= 0.6 is 11.6 Å². The minimum absolute atomic E-state index is 0.178. The van der Waals surface area contributed by atoms with Crippen LogP contribution in [0, 0.1) is 0 Å². The Morgan fingerprint density at radius 2 is 0.868 bits per heavy atom. The molecule has 0 fully saturated rings. The van der Waals surface area contributed by atoms with Crippen molar-refractivity contribution in [2.24, 2.45) is 0 Å². The fourth-order valence-corrected chi connectivity index (χ4v) is 5.94. The van der Waals surface area contributed by atoms with E-state index in [0.717, 1.165) is 11.1 Å². The molecule has 38 heavy (non-hydrogen) atoms. The van der Waals surface area contributed by atoms with Crippen molar-refractivity contribution in [2.75, 3.05) is 0 Å². The molecule has 4 heteroatoms. The van der Waals surface area contributed by atoms with Gasteiger partial charge in [-0.05, 0) is 45.0 Å². The highest BCUT2D eigenvalue weighted by atomic mass is 35.5. The second-order valence-corrected chi connectivity index (χ2v) is 9.74. The number of fused-ring (bicyclic) bond motifs is 3. The Kier molecular flexibility index (Phi) is 5.38. The van der Waals surface area contributed by atoms with Crippen molar-refractivity contribution in [3.63, 3.8) is 0 Å². The van der Waals surface area contributed by atoms with Crippen molar-refractivity contribution >= 4 is 11.6 Å². The van der Waals surface area contributed by atoms with Gasteiger partial charge in [0.05, 0.1) is 5.41 Å². The van der Waals surface area contributed by atoms with E-state index in [0.29, 0.717) is 11.6 Å². The summed E-state index contributed by atoms with van der Waals surface area (Å²) in [6, 6.07) is 46.6. The molecule has 1 aliphatic rings. The molecule has 0 radical (unpaired) electrons. The van der Waals surface area contributed by atoms with Crippen molar-refractivity contribution < 1.29 is 0 Å². The zero-order valence-corrected chi connectivity index (χ0v) is 21.2. The molecule has 7 rings (SSSR count). The summed E-state index contributed by atoms with van der Waals surface area (Å²) in [5.74, 6) is 1.11. The molecule has 1 aliphatic carbocycles. The average molecular weight is 508 g/mol. The van der Waals surface area contributed by atoms with Gasteiger partial charge in [-0.3, -0.25) is 0 Å². The van der Waals surface area contributed by atoms with Crippen molar-refractivity contribution in [2.45, 2.75) is 5.41 Å². The third-order valence-corrected chi connectivity index (χ3v) is 7.54. The van der Waals surface area contributed by atoms with Crippen LogP contribution in [0.4, 0.5) is 0 Å². The Morgan fingerprint density at radius 3 is 1.45 bits per heavy atom. The van der Waals surface area contributed by atoms with Crippen molar-refractivity contribution in [3.05, 3.63) is 161 Å². The fourth-order valence-electron chi connectivity index (χ4n) is 5.78. The maximum Gasteiger partial charge on any atom is 0.226 e. The molecule has 0 aliphatic heterocycles. The number of halogens is 1. The Hall–Kier alpha value is -4.60. The van der Waals surface area contributed by atoms with Gasteiger partial charge in [-0.1, -0.05) is 133 Å². The van der Waals surface area contributed by atoms with Gasteiger partial charge in [-0.15, -0.1) is 0 Å². The molecule has 0 bridgehead atoms. The molecular weight excluding hydrogens is 486 g/mol. The number of hydrogen-bond donors (Lipinski definition) is 0. The summed E-state index contributed by atoms with van der Waals surface area (Å²) in [7, 11) is 0. The zero-order chi connectivity index (χ0) is 25.5. The summed E-state index contributed by atoms with van der Waals surface area (Å²) in [6.45, 7) is 0. The van der Waals surface area contributed by atoms with Crippen molar-refractivity contribution in [1.29, 1.82) is 0 Å². The number of rotatable bonds is 4. The van der Waals surface area contributed by atoms with E-state index in [1.165, 1.54) is 33.4 Å². The lowest BCUT2D eigenvalue weighted by atomic mass is 9.67. The first-order valence-electron chi connectivity index (χ1n) is 12.6. The Balaban J connectivity index is 1.41. The summed E-state index contributed by atoms with van der Waals surface area (Å²) in [5.41, 5.74) is 8.90. The highest BCUT2D eigenvalue weighted by Crippen LogP contribution is 2.55. The van der Waals surface area contributed by atoms with Gasteiger partial charge in [0.1, 0.15) is 0 Å². The van der Waals surface area contributed by atoms with Crippen LogP contribution in [0.2, 0.25) is 5.28 Å². The summed E-state index contributed by atoms with van der Waals surface area (Å²) in [4.78, 5) is 13.5. The van der Waals surface area contributed by atoms with Gasteiger partial charge in [0.2, 0.25) is 5.28 Å². The molecule has 0 amide bonds. The van der Waals surface area contributed by atoms with E-state index in [1.807, 2.05) is 30.3 Å². The van der Waals surface area contributed by atoms with E-state index in [9.17, 15) is 0 Å². The lowest BCUT2D eigenvalue weighted by Crippen LogP contribution is -2.28. The first kappa shape index (κ1) is 22.6. The van der Waals surface area contributed by atoms with Gasteiger partial charge in [0, 0.05) is 11.1 Å². The summed E-state index contributed by atoms with van der Waals surface area (Å²) in [5, 5.41) is 0.178. The van der Waals surface area contributed by atoms with E-state index in [1.54, 1.807) is 0 Å². The highest BCUT2D eigenvalue weighted by molar-refractivity contribution is 6.28. The number of benzene rings is 5. The van der Waals surface area contributed by atoms with E-state index in [4.69, 9.17) is 16.6 Å². The van der Waals surface area contributed by atoms with Crippen LogP contribution in [0.25, 0.3) is 33.9 Å². The topological polar surface area (TPSA) is 38.7 Å². The monoisotopic (exact) mass is 507 g/mol. The molecular formula is C34H22ClN3. The second-order valence-electron chi connectivity index (χ2n) is 9.40. The minimum atomic E-state index is -0.432. The third-order valence-electron chi connectivity index (χ3n) is 7.38. The smallest absolute Gasteiger partial charge is 0.208 e. The Morgan fingerprint density at radius 1 is 0.421 bits per heavy atom.